The van der Waals surface area contributed by atoms with Crippen LogP contribution in [0.3, 0.4) is 0 Å². The number of hydrogen-bond donors (Lipinski definition) is 1. The second-order valence-corrected chi connectivity index (χ2v) is 6.77. The Labute approximate surface area is 163 Å². The standard InChI is InChI=1S/C19H14FN5O2S/c1-12(26)16-11-28-19(22-16)23-17(27)15-10-21-25(14-6-4-13(20)5-7-14)18(15)24-8-2-3-9-24/h2-11H,1H3,(H,22,23,27). The van der Waals surface area contributed by atoms with E-state index in [4.69, 9.17) is 0 Å². The predicted molar refractivity (Wildman–Crippen MR) is 103 cm³/mol. The van der Waals surface area contributed by atoms with Gasteiger partial charge in [-0.3, -0.25) is 14.9 Å². The molecule has 0 saturated carbocycles. The highest BCUT2D eigenvalue weighted by Crippen LogP contribution is 2.22. The van der Waals surface area contributed by atoms with Gasteiger partial charge < -0.3 is 4.57 Å². The number of rotatable bonds is 5. The van der Waals surface area contributed by atoms with E-state index in [1.54, 1.807) is 39.2 Å². The van der Waals surface area contributed by atoms with Gasteiger partial charge in [0.1, 0.15) is 17.1 Å². The molecule has 0 saturated heterocycles. The molecule has 3 heterocycles. The van der Waals surface area contributed by atoms with Crippen molar-refractivity contribution in [1.82, 2.24) is 19.3 Å². The van der Waals surface area contributed by atoms with Crippen LogP contribution in [-0.4, -0.2) is 31.0 Å². The summed E-state index contributed by atoms with van der Waals surface area (Å²) in [6.07, 6.45) is 5.00. The highest BCUT2D eigenvalue weighted by molar-refractivity contribution is 7.14. The van der Waals surface area contributed by atoms with Crippen LogP contribution in [0.2, 0.25) is 0 Å². The fraction of sp³-hybridized carbons (Fsp3) is 0.0526. The van der Waals surface area contributed by atoms with Gasteiger partial charge in [0.25, 0.3) is 5.91 Å². The fourth-order valence-electron chi connectivity index (χ4n) is 2.65. The topological polar surface area (TPSA) is 81.8 Å². The zero-order valence-corrected chi connectivity index (χ0v) is 15.5. The summed E-state index contributed by atoms with van der Waals surface area (Å²) >= 11 is 1.17. The second kappa shape index (κ2) is 7.20. The summed E-state index contributed by atoms with van der Waals surface area (Å²) in [5.74, 6) is -0.450. The molecule has 4 aromatic rings. The first kappa shape index (κ1) is 17.8. The van der Waals surface area contributed by atoms with Crippen LogP contribution in [0.4, 0.5) is 9.52 Å². The molecular formula is C19H14FN5O2S. The number of nitrogens with one attached hydrogen (secondary N) is 1. The summed E-state index contributed by atoms with van der Waals surface area (Å²) in [4.78, 5) is 28.4. The quantitative estimate of drug-likeness (QED) is 0.522. The zero-order valence-electron chi connectivity index (χ0n) is 14.7. The Morgan fingerprint density at radius 2 is 1.86 bits per heavy atom. The largest absolute Gasteiger partial charge is 0.308 e. The van der Waals surface area contributed by atoms with Crippen molar-refractivity contribution in [1.29, 1.82) is 0 Å². The minimum Gasteiger partial charge on any atom is -0.308 e. The van der Waals surface area contributed by atoms with Gasteiger partial charge in [0.15, 0.2) is 16.7 Å². The fourth-order valence-corrected chi connectivity index (χ4v) is 3.40. The maximum Gasteiger partial charge on any atom is 0.262 e. The number of carbonyl (C=O) groups is 2. The summed E-state index contributed by atoms with van der Waals surface area (Å²) < 4.78 is 16.6. The number of ketones is 1. The SMILES string of the molecule is CC(=O)c1csc(NC(=O)c2cnn(-c3ccc(F)cc3)c2-n2cccc2)n1. The number of aromatic nitrogens is 4. The Morgan fingerprint density at radius 3 is 2.50 bits per heavy atom. The average Bonchev–Trinajstić information content (AvgIpc) is 3.42. The van der Waals surface area contributed by atoms with Crippen molar-refractivity contribution >= 4 is 28.2 Å². The first-order valence-electron chi connectivity index (χ1n) is 8.28. The van der Waals surface area contributed by atoms with Crippen molar-refractivity contribution in [2.75, 3.05) is 5.32 Å². The van der Waals surface area contributed by atoms with Crippen molar-refractivity contribution in [3.63, 3.8) is 0 Å². The number of benzene rings is 1. The Kier molecular flexibility index (Phi) is 4.58. The molecule has 0 unspecified atom stereocenters. The molecule has 0 bridgehead atoms. The molecule has 0 radical (unpaired) electrons. The molecule has 0 atom stereocenters. The molecule has 3 aromatic heterocycles. The van der Waals surface area contributed by atoms with E-state index in [1.807, 2.05) is 12.1 Å². The minimum atomic E-state index is -0.415. The minimum absolute atomic E-state index is 0.172. The van der Waals surface area contributed by atoms with Crippen molar-refractivity contribution in [3.8, 4) is 11.5 Å². The van der Waals surface area contributed by atoms with Gasteiger partial charge in [-0.25, -0.2) is 14.1 Å². The monoisotopic (exact) mass is 395 g/mol. The van der Waals surface area contributed by atoms with E-state index in [0.717, 1.165) is 0 Å². The van der Waals surface area contributed by atoms with Crippen LogP contribution in [0, 0.1) is 5.82 Å². The molecule has 28 heavy (non-hydrogen) atoms. The number of anilines is 1. The molecule has 9 heteroatoms. The molecule has 4 rings (SSSR count). The number of amides is 1. The molecular weight excluding hydrogens is 381 g/mol. The van der Waals surface area contributed by atoms with Crippen molar-refractivity contribution < 1.29 is 14.0 Å². The normalized spacial score (nSPS) is 10.8. The third-order valence-corrected chi connectivity index (χ3v) is 4.75. The number of thiazole rings is 1. The van der Waals surface area contributed by atoms with Crippen molar-refractivity contribution in [2.24, 2.45) is 0 Å². The number of carbonyl (C=O) groups excluding carboxylic acids is 2. The lowest BCUT2D eigenvalue weighted by atomic mass is 10.3. The molecule has 0 spiro atoms. The molecule has 1 N–H and O–H groups in total. The van der Waals surface area contributed by atoms with E-state index in [-0.39, 0.29) is 11.6 Å². The van der Waals surface area contributed by atoms with Crippen LogP contribution in [0.1, 0.15) is 27.8 Å². The lowest BCUT2D eigenvalue weighted by molar-refractivity contribution is 0.100. The maximum atomic E-state index is 13.3. The van der Waals surface area contributed by atoms with Crippen molar-refractivity contribution in [2.45, 2.75) is 6.92 Å². The van der Waals surface area contributed by atoms with Gasteiger partial charge in [-0.2, -0.15) is 5.10 Å². The maximum absolute atomic E-state index is 13.3. The van der Waals surface area contributed by atoms with Crippen LogP contribution in [0.15, 0.2) is 60.4 Å². The summed E-state index contributed by atoms with van der Waals surface area (Å²) in [5.41, 5.74) is 1.21. The molecule has 0 aliphatic rings. The second-order valence-electron chi connectivity index (χ2n) is 5.91. The van der Waals surface area contributed by atoms with E-state index < -0.39 is 5.91 Å². The van der Waals surface area contributed by atoms with Gasteiger partial charge in [0.2, 0.25) is 0 Å². The van der Waals surface area contributed by atoms with Crippen LogP contribution in [0.5, 0.6) is 0 Å². The van der Waals surface area contributed by atoms with Crippen LogP contribution in [-0.2, 0) is 0 Å². The van der Waals surface area contributed by atoms with Gasteiger partial charge >= 0.3 is 0 Å². The molecule has 0 fully saturated rings. The van der Waals surface area contributed by atoms with E-state index in [1.165, 1.54) is 36.6 Å². The first-order chi connectivity index (χ1) is 13.5. The van der Waals surface area contributed by atoms with Gasteiger partial charge in [0.05, 0.1) is 11.9 Å². The van der Waals surface area contributed by atoms with E-state index in [9.17, 15) is 14.0 Å². The lowest BCUT2D eigenvalue weighted by Gasteiger charge is -2.10. The third kappa shape index (κ3) is 3.35. The van der Waals surface area contributed by atoms with E-state index in [2.05, 4.69) is 15.4 Å². The summed E-state index contributed by atoms with van der Waals surface area (Å²) in [6, 6.07) is 9.46. The lowest BCUT2D eigenvalue weighted by Crippen LogP contribution is -2.15. The number of nitrogens with zero attached hydrogens (tertiary/aromatic N) is 4. The molecule has 140 valence electrons. The van der Waals surface area contributed by atoms with Crippen LogP contribution < -0.4 is 5.32 Å². The molecule has 7 nitrogen and oxygen atoms in total. The van der Waals surface area contributed by atoms with Gasteiger partial charge in [-0.1, -0.05) is 0 Å². The number of hydrogen-bond acceptors (Lipinski definition) is 5. The molecule has 0 aliphatic heterocycles. The zero-order chi connectivity index (χ0) is 19.7. The Balaban J connectivity index is 1.73. The number of Topliss-reactive ketones (excluding diaryl/α,β-unsaturated/α-hetero) is 1. The summed E-state index contributed by atoms with van der Waals surface area (Å²) in [7, 11) is 0. The molecule has 1 aromatic carbocycles. The Morgan fingerprint density at radius 1 is 1.14 bits per heavy atom. The van der Waals surface area contributed by atoms with Gasteiger partial charge in [-0.05, 0) is 36.4 Å². The third-order valence-electron chi connectivity index (χ3n) is 3.99. The van der Waals surface area contributed by atoms with Crippen LogP contribution in [0.25, 0.3) is 11.5 Å². The highest BCUT2D eigenvalue weighted by Gasteiger charge is 2.21. The van der Waals surface area contributed by atoms with Gasteiger partial charge in [0, 0.05) is 24.7 Å². The number of halogens is 1. The molecule has 1 amide bonds. The smallest absolute Gasteiger partial charge is 0.262 e. The Hall–Kier alpha value is -3.59. The van der Waals surface area contributed by atoms with Crippen molar-refractivity contribution in [3.05, 3.63) is 77.4 Å². The Bertz CT molecular complexity index is 1150. The van der Waals surface area contributed by atoms with Crippen LogP contribution >= 0.6 is 11.3 Å². The average molecular weight is 395 g/mol. The summed E-state index contributed by atoms with van der Waals surface area (Å²) in [5, 5.41) is 8.92. The summed E-state index contributed by atoms with van der Waals surface area (Å²) in [6.45, 7) is 1.41. The van der Waals surface area contributed by atoms with Gasteiger partial charge in [-0.15, -0.1) is 11.3 Å². The predicted octanol–water partition coefficient (Wildman–Crippen LogP) is 3.71. The van der Waals surface area contributed by atoms with E-state index >= 15 is 0 Å². The molecule has 0 aliphatic carbocycles. The van der Waals surface area contributed by atoms with E-state index in [0.29, 0.717) is 27.9 Å². The first-order valence-corrected chi connectivity index (χ1v) is 9.16. The highest BCUT2D eigenvalue weighted by atomic mass is 32.1.